The number of hydrogen-bond acceptors (Lipinski definition) is 4. The third-order valence-electron chi connectivity index (χ3n) is 4.08. The zero-order valence-corrected chi connectivity index (χ0v) is 16.0. The Bertz CT molecular complexity index is 677. The van der Waals surface area contributed by atoms with Gasteiger partial charge in [0.1, 0.15) is 0 Å². The van der Waals surface area contributed by atoms with Crippen molar-refractivity contribution in [3.05, 3.63) is 29.3 Å². The molecule has 0 radical (unpaired) electrons. The number of aryl methyl sites for hydroxylation is 1. The summed E-state index contributed by atoms with van der Waals surface area (Å²) in [7, 11) is -1.45. The molecule has 1 aliphatic rings. The van der Waals surface area contributed by atoms with Crippen molar-refractivity contribution in [1.29, 1.82) is 0 Å². The van der Waals surface area contributed by atoms with Gasteiger partial charge in [-0.25, -0.2) is 8.42 Å². The molecule has 1 aromatic carbocycles. The number of carbonyl (C=O) groups excluding carboxylic acids is 1. The van der Waals surface area contributed by atoms with E-state index in [0.29, 0.717) is 17.2 Å². The Hall–Kier alpha value is -1.31. The van der Waals surface area contributed by atoms with Crippen molar-refractivity contribution in [1.82, 2.24) is 10.2 Å². The van der Waals surface area contributed by atoms with Gasteiger partial charge in [-0.3, -0.25) is 9.52 Å². The first-order valence-electron chi connectivity index (χ1n) is 7.82. The predicted octanol–water partition coefficient (Wildman–Crippen LogP) is 1.86. The number of carbonyl (C=O) groups is 1. The number of anilines is 1. The van der Waals surface area contributed by atoms with E-state index in [4.69, 9.17) is 0 Å². The van der Waals surface area contributed by atoms with Gasteiger partial charge in [0, 0.05) is 18.7 Å². The minimum Gasteiger partial charge on any atom is -0.338 e. The third kappa shape index (κ3) is 5.65. The van der Waals surface area contributed by atoms with Crippen LogP contribution < -0.4 is 10.0 Å². The van der Waals surface area contributed by atoms with Gasteiger partial charge in [-0.05, 0) is 57.0 Å². The Kier molecular flexibility index (Phi) is 7.51. The van der Waals surface area contributed by atoms with Crippen molar-refractivity contribution in [2.75, 3.05) is 37.7 Å². The largest absolute Gasteiger partial charge is 0.338 e. The highest BCUT2D eigenvalue weighted by molar-refractivity contribution is 7.92. The second-order valence-corrected chi connectivity index (χ2v) is 7.97. The first-order chi connectivity index (χ1) is 10.8. The van der Waals surface area contributed by atoms with Crippen LogP contribution in [0.3, 0.4) is 0 Å². The van der Waals surface area contributed by atoms with E-state index in [1.165, 1.54) is 0 Å². The minimum absolute atomic E-state index is 0. The van der Waals surface area contributed by atoms with Crippen molar-refractivity contribution < 1.29 is 13.2 Å². The first kappa shape index (κ1) is 20.7. The summed E-state index contributed by atoms with van der Waals surface area (Å²) >= 11 is 0. The topological polar surface area (TPSA) is 78.5 Å². The summed E-state index contributed by atoms with van der Waals surface area (Å²) in [5, 5.41) is 3.16. The Labute approximate surface area is 150 Å². The molecule has 1 fully saturated rings. The fourth-order valence-corrected chi connectivity index (χ4v) is 3.57. The molecule has 8 heteroatoms. The van der Waals surface area contributed by atoms with E-state index in [9.17, 15) is 13.2 Å². The van der Waals surface area contributed by atoms with Crippen LogP contribution in [-0.4, -0.2) is 52.2 Å². The molecule has 1 heterocycles. The van der Waals surface area contributed by atoms with Crippen molar-refractivity contribution in [3.63, 3.8) is 0 Å². The van der Waals surface area contributed by atoms with Crippen molar-refractivity contribution >= 4 is 34.0 Å². The minimum atomic E-state index is -3.37. The average molecular weight is 376 g/mol. The number of piperidine rings is 1. The van der Waals surface area contributed by atoms with Crippen LogP contribution in [0.2, 0.25) is 0 Å². The van der Waals surface area contributed by atoms with Crippen LogP contribution >= 0.6 is 12.4 Å². The summed E-state index contributed by atoms with van der Waals surface area (Å²) in [6.45, 7) is 4.20. The predicted molar refractivity (Wildman–Crippen MR) is 99.4 cm³/mol. The molecule has 0 aromatic heterocycles. The van der Waals surface area contributed by atoms with Gasteiger partial charge in [0.05, 0.1) is 11.9 Å². The molecule has 6 nitrogen and oxygen atoms in total. The quantitative estimate of drug-likeness (QED) is 0.823. The lowest BCUT2D eigenvalue weighted by Gasteiger charge is -2.33. The average Bonchev–Trinajstić information content (AvgIpc) is 2.48. The molecular weight excluding hydrogens is 350 g/mol. The molecule has 2 N–H and O–H groups in total. The highest BCUT2D eigenvalue weighted by atomic mass is 35.5. The number of rotatable bonds is 5. The Balaban J connectivity index is 0.00000288. The highest BCUT2D eigenvalue weighted by Gasteiger charge is 2.24. The Morgan fingerprint density at radius 1 is 1.38 bits per heavy atom. The number of nitrogens with one attached hydrogen (secondary N) is 2. The summed E-state index contributed by atoms with van der Waals surface area (Å²) in [4.78, 5) is 14.6. The van der Waals surface area contributed by atoms with Crippen LogP contribution in [0.5, 0.6) is 0 Å². The smallest absolute Gasteiger partial charge is 0.253 e. The van der Waals surface area contributed by atoms with Gasteiger partial charge < -0.3 is 10.2 Å². The maximum Gasteiger partial charge on any atom is 0.253 e. The summed E-state index contributed by atoms with van der Waals surface area (Å²) in [6.07, 6.45) is 3.23. The molecular formula is C16H26ClN3O3S. The van der Waals surface area contributed by atoms with Crippen molar-refractivity contribution in [2.24, 2.45) is 5.92 Å². The number of nitrogens with zero attached hydrogens (tertiary/aromatic N) is 1. The number of halogens is 1. The molecule has 0 spiro atoms. The van der Waals surface area contributed by atoms with Gasteiger partial charge in [-0.1, -0.05) is 6.07 Å². The number of hydrogen-bond donors (Lipinski definition) is 2. The molecule has 1 aliphatic heterocycles. The summed E-state index contributed by atoms with van der Waals surface area (Å²) in [6, 6.07) is 5.16. The summed E-state index contributed by atoms with van der Waals surface area (Å²) < 4.78 is 25.3. The van der Waals surface area contributed by atoms with Gasteiger partial charge >= 0.3 is 0 Å². The van der Waals surface area contributed by atoms with E-state index < -0.39 is 10.0 Å². The van der Waals surface area contributed by atoms with Gasteiger partial charge in [-0.2, -0.15) is 0 Å². The van der Waals surface area contributed by atoms with Crippen molar-refractivity contribution in [2.45, 2.75) is 19.8 Å². The zero-order chi connectivity index (χ0) is 17.0. The number of likely N-dealkylation sites (tertiary alicyclic amines) is 1. The van der Waals surface area contributed by atoms with Crippen LogP contribution in [0.25, 0.3) is 0 Å². The number of benzene rings is 1. The van der Waals surface area contributed by atoms with Gasteiger partial charge in [0.25, 0.3) is 5.91 Å². The fourth-order valence-electron chi connectivity index (χ4n) is 2.95. The zero-order valence-electron chi connectivity index (χ0n) is 14.3. The molecule has 0 aliphatic carbocycles. The highest BCUT2D eigenvalue weighted by Crippen LogP contribution is 2.22. The summed E-state index contributed by atoms with van der Waals surface area (Å²) in [5.41, 5.74) is 1.77. The van der Waals surface area contributed by atoms with Crippen LogP contribution in [0, 0.1) is 12.8 Å². The van der Waals surface area contributed by atoms with Gasteiger partial charge in [-0.15, -0.1) is 12.4 Å². The molecule has 1 unspecified atom stereocenters. The number of sulfonamides is 1. The lowest BCUT2D eigenvalue weighted by atomic mass is 9.97. The lowest BCUT2D eigenvalue weighted by molar-refractivity contribution is 0.0674. The van der Waals surface area contributed by atoms with E-state index in [2.05, 4.69) is 10.0 Å². The normalized spacial score (nSPS) is 18.0. The molecule has 0 saturated carbocycles. The standard InChI is InChI=1S/C16H25N3O3S.ClH/c1-12-6-7-14(9-15(12)18-23(3,21)22)16(20)19-8-4-5-13(11-19)10-17-2;/h6-7,9,13,17-18H,4-5,8,10-11H2,1-3H3;1H. The third-order valence-corrected chi connectivity index (χ3v) is 4.67. The van der Waals surface area contributed by atoms with Gasteiger partial charge in [0.2, 0.25) is 10.0 Å². The summed E-state index contributed by atoms with van der Waals surface area (Å²) in [5.74, 6) is 0.430. The van der Waals surface area contributed by atoms with Crippen LogP contribution in [0.1, 0.15) is 28.8 Å². The van der Waals surface area contributed by atoms with Gasteiger partial charge in [0.15, 0.2) is 0 Å². The Morgan fingerprint density at radius 2 is 2.08 bits per heavy atom. The second kappa shape index (κ2) is 8.69. The van der Waals surface area contributed by atoms with E-state index >= 15 is 0 Å². The molecule has 24 heavy (non-hydrogen) atoms. The van der Waals surface area contributed by atoms with E-state index in [-0.39, 0.29) is 18.3 Å². The monoisotopic (exact) mass is 375 g/mol. The molecule has 1 amide bonds. The molecule has 0 bridgehead atoms. The maximum atomic E-state index is 12.7. The number of amides is 1. The first-order valence-corrected chi connectivity index (χ1v) is 9.71. The van der Waals surface area contributed by atoms with Crippen LogP contribution in [0.15, 0.2) is 18.2 Å². The van der Waals surface area contributed by atoms with E-state index in [1.807, 2.05) is 18.9 Å². The second-order valence-electron chi connectivity index (χ2n) is 6.22. The molecule has 136 valence electrons. The van der Waals surface area contributed by atoms with E-state index in [0.717, 1.165) is 44.3 Å². The van der Waals surface area contributed by atoms with Crippen LogP contribution in [0.4, 0.5) is 5.69 Å². The fraction of sp³-hybridized carbons (Fsp3) is 0.562. The van der Waals surface area contributed by atoms with Crippen LogP contribution in [-0.2, 0) is 10.0 Å². The molecule has 2 rings (SSSR count). The SMILES string of the molecule is CNCC1CCCN(C(=O)c2ccc(C)c(NS(C)(=O)=O)c2)C1.Cl. The van der Waals surface area contributed by atoms with E-state index in [1.54, 1.807) is 18.2 Å². The maximum absolute atomic E-state index is 12.7. The molecule has 1 atom stereocenters. The molecule has 1 saturated heterocycles. The Morgan fingerprint density at radius 3 is 2.71 bits per heavy atom. The molecule has 1 aromatic rings. The lowest BCUT2D eigenvalue weighted by Crippen LogP contribution is -2.42. The van der Waals surface area contributed by atoms with Crippen molar-refractivity contribution in [3.8, 4) is 0 Å².